The zero-order chi connectivity index (χ0) is 14.1. The lowest BCUT2D eigenvalue weighted by molar-refractivity contribution is -0.115. The molecule has 1 amide bonds. The maximum absolute atomic E-state index is 11.9. The van der Waals surface area contributed by atoms with E-state index in [1.54, 1.807) is 6.07 Å². The number of anilines is 1. The van der Waals surface area contributed by atoms with Gasteiger partial charge in [-0.1, -0.05) is 0 Å². The van der Waals surface area contributed by atoms with Gasteiger partial charge >= 0.3 is 5.97 Å². The Labute approximate surface area is 121 Å². The first-order valence-corrected chi connectivity index (χ1v) is 7.35. The zero-order valence-electron chi connectivity index (χ0n) is 10.1. The molecule has 0 aliphatic heterocycles. The molecule has 2 N–H and O–H groups in total. The van der Waals surface area contributed by atoms with Crippen LogP contribution in [0.5, 0.6) is 0 Å². The number of fused-ring (bicyclic) bond motifs is 1. The molecule has 3 rings (SSSR count). The van der Waals surface area contributed by atoms with Crippen molar-refractivity contribution in [3.63, 3.8) is 0 Å². The van der Waals surface area contributed by atoms with Crippen molar-refractivity contribution in [1.29, 1.82) is 0 Å². The second kappa shape index (κ2) is 5.06. The van der Waals surface area contributed by atoms with Crippen molar-refractivity contribution in [2.75, 3.05) is 5.32 Å². The lowest BCUT2D eigenvalue weighted by atomic mass is 10.3. The Morgan fingerprint density at radius 2 is 2.25 bits per heavy atom. The van der Waals surface area contributed by atoms with Crippen LogP contribution < -0.4 is 5.32 Å². The van der Waals surface area contributed by atoms with Gasteiger partial charge in [0, 0.05) is 17.8 Å². The zero-order valence-corrected chi connectivity index (χ0v) is 11.7. The fourth-order valence-corrected chi connectivity index (χ4v) is 3.21. The number of carbonyl (C=O) groups is 2. The van der Waals surface area contributed by atoms with E-state index in [1.807, 2.05) is 22.2 Å². The van der Waals surface area contributed by atoms with Crippen LogP contribution in [0.1, 0.15) is 15.4 Å². The SMILES string of the molecule is O=C(Cc1cn2ccsc2n1)Nc1ccc(C(=O)O)s1. The summed E-state index contributed by atoms with van der Waals surface area (Å²) in [5.41, 5.74) is 0.685. The Kier molecular flexibility index (Phi) is 3.25. The molecule has 0 spiro atoms. The number of amides is 1. The monoisotopic (exact) mass is 307 g/mol. The number of nitrogens with zero attached hydrogens (tertiary/aromatic N) is 2. The van der Waals surface area contributed by atoms with Gasteiger partial charge in [-0.15, -0.1) is 22.7 Å². The molecule has 3 heterocycles. The predicted molar refractivity (Wildman–Crippen MR) is 76.7 cm³/mol. The van der Waals surface area contributed by atoms with Gasteiger partial charge in [-0.25, -0.2) is 9.78 Å². The molecule has 8 heteroatoms. The van der Waals surface area contributed by atoms with E-state index >= 15 is 0 Å². The molecule has 6 nitrogen and oxygen atoms in total. The average molecular weight is 307 g/mol. The highest BCUT2D eigenvalue weighted by atomic mass is 32.1. The van der Waals surface area contributed by atoms with Crippen molar-refractivity contribution in [3.05, 3.63) is 40.5 Å². The van der Waals surface area contributed by atoms with E-state index in [2.05, 4.69) is 10.3 Å². The molecule has 0 aliphatic carbocycles. The van der Waals surface area contributed by atoms with E-state index in [4.69, 9.17) is 5.11 Å². The van der Waals surface area contributed by atoms with Gasteiger partial charge < -0.3 is 10.4 Å². The summed E-state index contributed by atoms with van der Waals surface area (Å²) >= 11 is 2.53. The number of carbonyl (C=O) groups excluding carboxylic acids is 1. The summed E-state index contributed by atoms with van der Waals surface area (Å²) in [6.07, 6.45) is 3.85. The molecule has 0 aliphatic rings. The molecule has 0 radical (unpaired) electrons. The standard InChI is InChI=1S/C12H9N3O3S2/c16-9(14-10-2-1-8(20-10)11(17)18)5-7-6-15-3-4-19-12(15)13-7/h1-4,6H,5H2,(H,14,16)(H,17,18). The van der Waals surface area contributed by atoms with E-state index in [0.717, 1.165) is 16.3 Å². The van der Waals surface area contributed by atoms with Crippen LogP contribution in [0.15, 0.2) is 29.9 Å². The number of aromatic carboxylic acids is 1. The Morgan fingerprint density at radius 3 is 2.95 bits per heavy atom. The number of thiazole rings is 1. The van der Waals surface area contributed by atoms with E-state index in [0.29, 0.717) is 10.7 Å². The van der Waals surface area contributed by atoms with Gasteiger partial charge in [0.25, 0.3) is 0 Å². The largest absolute Gasteiger partial charge is 0.477 e. The summed E-state index contributed by atoms with van der Waals surface area (Å²) in [6.45, 7) is 0. The molecule has 0 saturated heterocycles. The van der Waals surface area contributed by atoms with Crippen molar-refractivity contribution in [1.82, 2.24) is 9.38 Å². The van der Waals surface area contributed by atoms with Gasteiger partial charge in [-0.2, -0.15) is 0 Å². The minimum Gasteiger partial charge on any atom is -0.477 e. The average Bonchev–Trinajstić information content (AvgIpc) is 3.03. The molecule has 0 atom stereocenters. The maximum atomic E-state index is 11.9. The predicted octanol–water partition coefficient (Wildman–Crippen LogP) is 2.34. The third-order valence-corrected chi connectivity index (χ3v) is 4.32. The smallest absolute Gasteiger partial charge is 0.345 e. The fraction of sp³-hybridized carbons (Fsp3) is 0.0833. The normalized spacial score (nSPS) is 10.8. The summed E-state index contributed by atoms with van der Waals surface area (Å²) in [4.78, 5) is 28.0. The number of carboxylic acids is 1. The summed E-state index contributed by atoms with van der Waals surface area (Å²) in [6, 6.07) is 3.05. The van der Waals surface area contributed by atoms with Crippen LogP contribution in [0.3, 0.4) is 0 Å². The van der Waals surface area contributed by atoms with Crippen LogP contribution in [-0.4, -0.2) is 26.4 Å². The summed E-state index contributed by atoms with van der Waals surface area (Å²) in [5, 5.41) is 13.9. The highest BCUT2D eigenvalue weighted by Gasteiger charge is 2.11. The Bertz CT molecular complexity index is 758. The highest BCUT2D eigenvalue weighted by molar-refractivity contribution is 7.18. The van der Waals surface area contributed by atoms with Crippen LogP contribution in [0.4, 0.5) is 5.00 Å². The van der Waals surface area contributed by atoms with E-state index < -0.39 is 5.97 Å². The number of hydrogen-bond donors (Lipinski definition) is 2. The minimum atomic E-state index is -0.996. The molecule has 3 aromatic heterocycles. The highest BCUT2D eigenvalue weighted by Crippen LogP contribution is 2.22. The van der Waals surface area contributed by atoms with Crippen LogP contribution in [0, 0.1) is 0 Å². The van der Waals surface area contributed by atoms with Crippen LogP contribution >= 0.6 is 22.7 Å². The molecule has 0 unspecified atom stereocenters. The number of carboxylic acid groups (broad SMARTS) is 1. The Morgan fingerprint density at radius 1 is 1.40 bits per heavy atom. The number of thiophene rings is 1. The molecule has 0 bridgehead atoms. The first kappa shape index (κ1) is 12.8. The molecule has 0 fully saturated rings. The van der Waals surface area contributed by atoms with Crippen molar-refractivity contribution < 1.29 is 14.7 Å². The molecule has 0 aromatic carbocycles. The number of hydrogen-bond acceptors (Lipinski definition) is 5. The van der Waals surface area contributed by atoms with Gasteiger partial charge in [0.1, 0.15) is 4.88 Å². The first-order chi connectivity index (χ1) is 9.61. The molecular formula is C12H9N3O3S2. The quantitative estimate of drug-likeness (QED) is 0.775. The maximum Gasteiger partial charge on any atom is 0.345 e. The summed E-state index contributed by atoms with van der Waals surface area (Å²) < 4.78 is 1.86. The molecule has 3 aromatic rings. The second-order valence-corrected chi connectivity index (χ2v) is 5.98. The van der Waals surface area contributed by atoms with E-state index in [-0.39, 0.29) is 17.2 Å². The minimum absolute atomic E-state index is 0.161. The van der Waals surface area contributed by atoms with Gasteiger partial charge in [-0.05, 0) is 12.1 Å². The van der Waals surface area contributed by atoms with E-state index in [1.165, 1.54) is 17.4 Å². The third-order valence-electron chi connectivity index (χ3n) is 2.56. The number of nitrogens with one attached hydrogen (secondary N) is 1. The van der Waals surface area contributed by atoms with E-state index in [9.17, 15) is 9.59 Å². The van der Waals surface area contributed by atoms with Crippen molar-refractivity contribution >= 4 is 44.5 Å². The number of aromatic nitrogens is 2. The van der Waals surface area contributed by atoms with Crippen molar-refractivity contribution in [2.24, 2.45) is 0 Å². The van der Waals surface area contributed by atoms with Gasteiger partial charge in [0.05, 0.1) is 17.1 Å². The van der Waals surface area contributed by atoms with Crippen LogP contribution in [-0.2, 0) is 11.2 Å². The van der Waals surface area contributed by atoms with Crippen LogP contribution in [0.2, 0.25) is 0 Å². The Hall–Kier alpha value is -2.19. The first-order valence-electron chi connectivity index (χ1n) is 5.66. The number of rotatable bonds is 4. The summed E-state index contributed by atoms with van der Waals surface area (Å²) in [5.74, 6) is -1.21. The lowest BCUT2D eigenvalue weighted by Gasteiger charge is -1.99. The van der Waals surface area contributed by atoms with Crippen molar-refractivity contribution in [3.8, 4) is 0 Å². The second-order valence-electron chi connectivity index (χ2n) is 4.02. The molecular weight excluding hydrogens is 298 g/mol. The molecule has 0 saturated carbocycles. The molecule has 20 heavy (non-hydrogen) atoms. The number of imidazole rings is 1. The van der Waals surface area contributed by atoms with Crippen LogP contribution in [0.25, 0.3) is 4.96 Å². The lowest BCUT2D eigenvalue weighted by Crippen LogP contribution is -2.13. The van der Waals surface area contributed by atoms with Crippen molar-refractivity contribution in [2.45, 2.75) is 6.42 Å². The fourth-order valence-electron chi connectivity index (χ4n) is 1.73. The Balaban J connectivity index is 1.66. The van der Waals surface area contributed by atoms with Gasteiger partial charge in [-0.3, -0.25) is 9.20 Å². The third kappa shape index (κ3) is 2.56. The topological polar surface area (TPSA) is 83.7 Å². The van der Waals surface area contributed by atoms with Gasteiger partial charge in [0.15, 0.2) is 4.96 Å². The summed E-state index contributed by atoms with van der Waals surface area (Å²) in [7, 11) is 0. The molecule has 102 valence electrons. The van der Waals surface area contributed by atoms with Gasteiger partial charge in [0.2, 0.25) is 5.91 Å².